The number of aromatic hydroxyl groups is 1. The zero-order chi connectivity index (χ0) is 23.9. The van der Waals surface area contributed by atoms with E-state index >= 15 is 0 Å². The lowest BCUT2D eigenvalue weighted by atomic mass is 10.1. The van der Waals surface area contributed by atoms with E-state index in [1.54, 1.807) is 6.07 Å². The number of aromatic nitrogens is 1. The second-order valence-electron chi connectivity index (χ2n) is 7.33. The SMILES string of the molecule is Cc1ccc2oc(-c3ccc(NC(=O)c4cc([N+](=O)[O-])c(C)c([N+](=O)[O-])c4)cc3O)nc2c1. The van der Waals surface area contributed by atoms with Gasteiger partial charge in [-0.3, -0.25) is 25.0 Å². The first-order chi connectivity index (χ1) is 15.6. The van der Waals surface area contributed by atoms with Crippen molar-refractivity contribution in [1.29, 1.82) is 0 Å². The minimum absolute atomic E-state index is 0.155. The van der Waals surface area contributed by atoms with Crippen molar-refractivity contribution < 1.29 is 24.2 Å². The molecule has 1 heterocycles. The zero-order valence-corrected chi connectivity index (χ0v) is 17.4. The second kappa shape index (κ2) is 8.04. The number of carbonyl (C=O) groups is 1. The Bertz CT molecular complexity index is 1420. The topological polar surface area (TPSA) is 162 Å². The van der Waals surface area contributed by atoms with Crippen LogP contribution in [0.3, 0.4) is 0 Å². The van der Waals surface area contributed by atoms with Crippen LogP contribution >= 0.6 is 0 Å². The minimum Gasteiger partial charge on any atom is -0.507 e. The lowest BCUT2D eigenvalue weighted by molar-refractivity contribution is -0.395. The first-order valence-electron chi connectivity index (χ1n) is 9.59. The van der Waals surface area contributed by atoms with Gasteiger partial charge in [0.05, 0.1) is 21.0 Å². The first kappa shape index (κ1) is 21.4. The Morgan fingerprint density at radius 2 is 1.67 bits per heavy atom. The number of carbonyl (C=O) groups excluding carboxylic acids is 1. The number of benzene rings is 3. The summed E-state index contributed by atoms with van der Waals surface area (Å²) in [4.78, 5) is 37.9. The van der Waals surface area contributed by atoms with E-state index < -0.39 is 27.1 Å². The molecule has 33 heavy (non-hydrogen) atoms. The summed E-state index contributed by atoms with van der Waals surface area (Å²) in [6.45, 7) is 3.15. The Morgan fingerprint density at radius 3 is 2.27 bits per heavy atom. The van der Waals surface area contributed by atoms with Crippen LogP contribution in [0.15, 0.2) is 52.9 Å². The molecule has 11 nitrogen and oxygen atoms in total. The van der Waals surface area contributed by atoms with Crippen LogP contribution in [0.25, 0.3) is 22.6 Å². The Morgan fingerprint density at radius 1 is 1.00 bits per heavy atom. The van der Waals surface area contributed by atoms with Gasteiger partial charge in [-0.05, 0) is 43.7 Å². The van der Waals surface area contributed by atoms with Crippen molar-refractivity contribution >= 4 is 34.1 Å². The summed E-state index contributed by atoms with van der Waals surface area (Å²) in [5.41, 5.74) is 1.13. The van der Waals surface area contributed by atoms with E-state index in [-0.39, 0.29) is 28.5 Å². The molecule has 0 aliphatic rings. The van der Waals surface area contributed by atoms with E-state index in [1.165, 1.54) is 25.1 Å². The van der Waals surface area contributed by atoms with Crippen LogP contribution in [0, 0.1) is 34.1 Å². The van der Waals surface area contributed by atoms with Gasteiger partial charge in [-0.2, -0.15) is 0 Å². The maximum atomic E-state index is 12.6. The Balaban J connectivity index is 1.63. The smallest absolute Gasteiger partial charge is 0.279 e. The van der Waals surface area contributed by atoms with Crippen LogP contribution in [-0.2, 0) is 0 Å². The number of nitro groups is 2. The van der Waals surface area contributed by atoms with E-state index in [2.05, 4.69) is 10.3 Å². The summed E-state index contributed by atoms with van der Waals surface area (Å²) in [7, 11) is 0. The third-order valence-corrected chi connectivity index (χ3v) is 5.04. The highest BCUT2D eigenvalue weighted by molar-refractivity contribution is 6.05. The van der Waals surface area contributed by atoms with Crippen molar-refractivity contribution in [3.05, 3.63) is 85.4 Å². The highest BCUT2D eigenvalue weighted by Crippen LogP contribution is 2.34. The molecule has 0 aliphatic carbocycles. The largest absolute Gasteiger partial charge is 0.507 e. The molecule has 11 heteroatoms. The number of hydrogen-bond acceptors (Lipinski definition) is 8. The Kier molecular flexibility index (Phi) is 5.22. The maximum absolute atomic E-state index is 12.6. The van der Waals surface area contributed by atoms with Crippen molar-refractivity contribution in [3.8, 4) is 17.2 Å². The van der Waals surface area contributed by atoms with Crippen LogP contribution in [0.1, 0.15) is 21.5 Å². The molecule has 166 valence electrons. The van der Waals surface area contributed by atoms with Gasteiger partial charge < -0.3 is 14.8 Å². The molecule has 0 saturated carbocycles. The van der Waals surface area contributed by atoms with Crippen LogP contribution < -0.4 is 5.32 Å². The standard InChI is InChI=1S/C22H16N4O7/c1-11-3-6-20-16(7-11)24-22(33-20)15-5-4-14(10-19(15)27)23-21(28)13-8-17(25(29)30)12(2)18(9-13)26(31)32/h3-10,27H,1-2H3,(H,23,28). The average Bonchev–Trinajstić information content (AvgIpc) is 3.16. The molecule has 0 radical (unpaired) electrons. The first-order valence-corrected chi connectivity index (χ1v) is 9.59. The molecule has 2 N–H and O–H groups in total. The number of nitrogens with one attached hydrogen (secondary N) is 1. The van der Waals surface area contributed by atoms with Gasteiger partial charge in [0.15, 0.2) is 5.58 Å². The summed E-state index contributed by atoms with van der Waals surface area (Å²) >= 11 is 0. The highest BCUT2D eigenvalue weighted by atomic mass is 16.6. The number of fused-ring (bicyclic) bond motifs is 1. The summed E-state index contributed by atoms with van der Waals surface area (Å²) < 4.78 is 5.68. The number of nitro benzene ring substituents is 2. The van der Waals surface area contributed by atoms with E-state index in [9.17, 15) is 30.1 Å². The van der Waals surface area contributed by atoms with Gasteiger partial charge in [0.25, 0.3) is 17.3 Å². The molecule has 3 aromatic carbocycles. The molecule has 0 spiro atoms. The molecule has 0 aliphatic heterocycles. The molecule has 0 atom stereocenters. The van der Waals surface area contributed by atoms with Gasteiger partial charge in [-0.25, -0.2) is 4.98 Å². The zero-order valence-electron chi connectivity index (χ0n) is 17.4. The number of rotatable bonds is 5. The molecule has 4 rings (SSSR count). The van der Waals surface area contributed by atoms with Crippen molar-refractivity contribution in [1.82, 2.24) is 4.98 Å². The van der Waals surface area contributed by atoms with Gasteiger partial charge in [-0.1, -0.05) is 6.07 Å². The van der Waals surface area contributed by atoms with Crippen molar-refractivity contribution in [2.45, 2.75) is 13.8 Å². The number of amides is 1. The Hall–Kier alpha value is -4.80. The second-order valence-corrected chi connectivity index (χ2v) is 7.33. The quantitative estimate of drug-likeness (QED) is 0.322. The van der Waals surface area contributed by atoms with Crippen LogP contribution in [0.4, 0.5) is 17.1 Å². The monoisotopic (exact) mass is 448 g/mol. The fourth-order valence-electron chi connectivity index (χ4n) is 3.34. The lowest BCUT2D eigenvalue weighted by Crippen LogP contribution is -2.13. The maximum Gasteiger partial charge on any atom is 0.279 e. The summed E-state index contributed by atoms with van der Waals surface area (Å²) in [6, 6.07) is 11.6. The molecular weight excluding hydrogens is 432 g/mol. The third kappa shape index (κ3) is 4.06. The summed E-state index contributed by atoms with van der Waals surface area (Å²) in [5, 5.41) is 35.4. The lowest BCUT2D eigenvalue weighted by Gasteiger charge is -2.08. The molecule has 1 aromatic heterocycles. The third-order valence-electron chi connectivity index (χ3n) is 5.04. The van der Waals surface area contributed by atoms with E-state index in [0.29, 0.717) is 16.7 Å². The predicted molar refractivity (Wildman–Crippen MR) is 118 cm³/mol. The number of hydrogen-bond donors (Lipinski definition) is 2. The summed E-state index contributed by atoms with van der Waals surface area (Å²) in [6.07, 6.45) is 0. The average molecular weight is 448 g/mol. The fourth-order valence-corrected chi connectivity index (χ4v) is 3.34. The van der Waals surface area contributed by atoms with Gasteiger partial charge in [0.1, 0.15) is 16.8 Å². The Labute approximate surface area is 185 Å². The number of phenolic OH excluding ortho intramolecular Hbond substituents is 1. The summed E-state index contributed by atoms with van der Waals surface area (Å²) in [5.74, 6) is -0.849. The molecule has 4 aromatic rings. The van der Waals surface area contributed by atoms with Gasteiger partial charge in [0, 0.05) is 23.9 Å². The van der Waals surface area contributed by atoms with Crippen LogP contribution in [0.5, 0.6) is 5.75 Å². The van der Waals surface area contributed by atoms with Gasteiger partial charge in [0.2, 0.25) is 5.89 Å². The van der Waals surface area contributed by atoms with Crippen molar-refractivity contribution in [2.24, 2.45) is 0 Å². The van der Waals surface area contributed by atoms with Crippen molar-refractivity contribution in [3.63, 3.8) is 0 Å². The number of anilines is 1. The molecule has 0 bridgehead atoms. The van der Waals surface area contributed by atoms with Crippen LogP contribution in [-0.4, -0.2) is 25.8 Å². The number of phenols is 1. The highest BCUT2D eigenvalue weighted by Gasteiger charge is 2.25. The minimum atomic E-state index is -0.814. The molecule has 0 unspecified atom stereocenters. The molecular formula is C22H16N4O7. The fraction of sp³-hybridized carbons (Fsp3) is 0.0909. The van der Waals surface area contributed by atoms with E-state index in [4.69, 9.17) is 4.42 Å². The van der Waals surface area contributed by atoms with Gasteiger partial charge >= 0.3 is 0 Å². The number of aryl methyl sites for hydroxylation is 1. The molecule has 0 saturated heterocycles. The van der Waals surface area contributed by atoms with E-state index in [0.717, 1.165) is 17.7 Å². The van der Waals surface area contributed by atoms with Crippen molar-refractivity contribution in [2.75, 3.05) is 5.32 Å². The number of oxazole rings is 1. The van der Waals surface area contributed by atoms with Crippen LogP contribution in [0.2, 0.25) is 0 Å². The van der Waals surface area contributed by atoms with E-state index in [1.807, 2.05) is 19.1 Å². The predicted octanol–water partition coefficient (Wildman–Crippen LogP) is 4.89. The van der Waals surface area contributed by atoms with Gasteiger partial charge in [-0.15, -0.1) is 0 Å². The normalized spacial score (nSPS) is 10.8. The molecule has 1 amide bonds. The number of nitrogens with zero attached hydrogens (tertiary/aromatic N) is 3. The molecule has 0 fully saturated rings.